The third-order valence-corrected chi connectivity index (χ3v) is 6.53. The van der Waals surface area contributed by atoms with Gasteiger partial charge in [-0.15, -0.1) is 0 Å². The molecule has 1 heterocycles. The molecule has 5 nitrogen and oxygen atoms in total. The fourth-order valence-electron chi connectivity index (χ4n) is 5.03. The Bertz CT molecular complexity index is 1270. The number of aromatic amines is 1. The van der Waals surface area contributed by atoms with Gasteiger partial charge in [-0.1, -0.05) is 42.5 Å². The molecule has 0 aliphatic heterocycles. The van der Waals surface area contributed by atoms with Gasteiger partial charge >= 0.3 is 0 Å². The van der Waals surface area contributed by atoms with E-state index in [4.69, 9.17) is 4.74 Å². The number of ether oxygens (including phenoxy) is 1. The number of hydrogen-bond acceptors (Lipinski definition) is 3. The van der Waals surface area contributed by atoms with E-state index >= 15 is 0 Å². The molecule has 1 N–H and O–H groups in total. The van der Waals surface area contributed by atoms with Crippen LogP contribution in [0.1, 0.15) is 34.7 Å². The molecule has 5 rings (SSSR count). The van der Waals surface area contributed by atoms with Gasteiger partial charge in [0.1, 0.15) is 5.75 Å². The van der Waals surface area contributed by atoms with Crippen LogP contribution in [0.5, 0.6) is 5.75 Å². The van der Waals surface area contributed by atoms with Crippen LogP contribution in [-0.4, -0.2) is 23.1 Å². The summed E-state index contributed by atoms with van der Waals surface area (Å²) in [5.74, 6) is 0.551. The molecule has 0 spiro atoms. The molecular weight excluding hydrogens is 388 g/mol. The van der Waals surface area contributed by atoms with E-state index in [9.17, 15) is 10.1 Å². The van der Waals surface area contributed by atoms with E-state index in [-0.39, 0.29) is 10.8 Å². The Balaban J connectivity index is 1.70. The summed E-state index contributed by atoms with van der Waals surface area (Å²) in [5, 5.41) is 13.1. The molecule has 0 amide bonds. The lowest BCUT2D eigenvalue weighted by molar-refractivity contribution is -0.526. The standard InChI is InChI=1S/C26H24N2O3/c1-16-25(26-21-6-4-3-5-18(21)10-14-24(26)28(29)30)22-15-19(9-13-23(22)27-16)17-7-11-20(31-2)12-8-17/h3-9,11-13,15,24,26-27H,10,14H2,1-2H3/t24-,26-/m0/s1. The summed E-state index contributed by atoms with van der Waals surface area (Å²) in [6.07, 6.45) is 1.30. The predicted molar refractivity (Wildman–Crippen MR) is 122 cm³/mol. The van der Waals surface area contributed by atoms with Gasteiger partial charge in [-0.25, -0.2) is 0 Å². The SMILES string of the molecule is COc1ccc(-c2ccc3[nH]c(C)c([C@H]4c5ccccc5CC[C@@H]4[N+](=O)[O-])c3c2)cc1. The number of aryl methyl sites for hydroxylation is 2. The minimum absolute atomic E-state index is 0.0911. The van der Waals surface area contributed by atoms with Crippen molar-refractivity contribution < 1.29 is 9.66 Å². The summed E-state index contributed by atoms with van der Waals surface area (Å²) in [7, 11) is 1.66. The third kappa shape index (κ3) is 3.26. The largest absolute Gasteiger partial charge is 0.497 e. The molecule has 2 atom stereocenters. The second kappa shape index (κ2) is 7.58. The quantitative estimate of drug-likeness (QED) is 0.336. The van der Waals surface area contributed by atoms with Gasteiger partial charge in [0.25, 0.3) is 0 Å². The van der Waals surface area contributed by atoms with Crippen LogP contribution in [0.2, 0.25) is 0 Å². The van der Waals surface area contributed by atoms with Crippen LogP contribution in [0.3, 0.4) is 0 Å². The average molecular weight is 412 g/mol. The lowest BCUT2D eigenvalue weighted by Crippen LogP contribution is -2.33. The van der Waals surface area contributed by atoms with Crippen molar-refractivity contribution in [3.8, 4) is 16.9 Å². The maximum Gasteiger partial charge on any atom is 0.224 e. The number of fused-ring (bicyclic) bond motifs is 2. The molecular formula is C26H24N2O3. The zero-order valence-electron chi connectivity index (χ0n) is 17.6. The number of benzene rings is 3. The molecule has 5 heteroatoms. The van der Waals surface area contributed by atoms with E-state index in [2.05, 4.69) is 35.3 Å². The molecule has 1 aliphatic rings. The van der Waals surface area contributed by atoms with Crippen molar-refractivity contribution in [2.24, 2.45) is 0 Å². The summed E-state index contributed by atoms with van der Waals surface area (Å²) in [6, 6.07) is 21.8. The molecule has 31 heavy (non-hydrogen) atoms. The smallest absolute Gasteiger partial charge is 0.224 e. The monoisotopic (exact) mass is 412 g/mol. The van der Waals surface area contributed by atoms with Gasteiger partial charge < -0.3 is 9.72 Å². The second-order valence-corrected chi connectivity index (χ2v) is 8.22. The fraction of sp³-hybridized carbons (Fsp3) is 0.231. The third-order valence-electron chi connectivity index (χ3n) is 6.53. The molecule has 1 aliphatic carbocycles. The molecule has 3 aromatic carbocycles. The maximum atomic E-state index is 12.0. The normalized spacial score (nSPS) is 18.0. The van der Waals surface area contributed by atoms with Crippen molar-refractivity contribution in [1.82, 2.24) is 4.98 Å². The average Bonchev–Trinajstić information content (AvgIpc) is 3.12. The van der Waals surface area contributed by atoms with E-state index in [0.717, 1.165) is 51.0 Å². The summed E-state index contributed by atoms with van der Waals surface area (Å²) >= 11 is 0. The highest BCUT2D eigenvalue weighted by molar-refractivity contribution is 5.90. The highest BCUT2D eigenvalue weighted by Crippen LogP contribution is 2.43. The van der Waals surface area contributed by atoms with Crippen LogP contribution < -0.4 is 4.74 Å². The van der Waals surface area contributed by atoms with Gasteiger partial charge in [0.05, 0.1) is 13.0 Å². The topological polar surface area (TPSA) is 68.2 Å². The van der Waals surface area contributed by atoms with E-state index in [0.29, 0.717) is 6.42 Å². The molecule has 0 radical (unpaired) electrons. The van der Waals surface area contributed by atoms with Gasteiger partial charge in [-0.3, -0.25) is 10.1 Å². The van der Waals surface area contributed by atoms with Gasteiger partial charge in [-0.2, -0.15) is 0 Å². The highest BCUT2D eigenvalue weighted by atomic mass is 16.6. The van der Waals surface area contributed by atoms with Crippen molar-refractivity contribution in [2.75, 3.05) is 7.11 Å². The zero-order chi connectivity index (χ0) is 21.5. The van der Waals surface area contributed by atoms with Gasteiger partial charge in [0, 0.05) is 27.9 Å². The number of nitrogens with zero attached hydrogens (tertiary/aromatic N) is 1. The summed E-state index contributed by atoms with van der Waals surface area (Å²) < 4.78 is 5.28. The van der Waals surface area contributed by atoms with Crippen LogP contribution >= 0.6 is 0 Å². The number of hydrogen-bond donors (Lipinski definition) is 1. The van der Waals surface area contributed by atoms with Crippen molar-refractivity contribution >= 4 is 10.9 Å². The molecule has 0 saturated carbocycles. The molecule has 1 aromatic heterocycles. The van der Waals surface area contributed by atoms with Crippen molar-refractivity contribution in [2.45, 2.75) is 31.7 Å². The first-order valence-electron chi connectivity index (χ1n) is 10.5. The Labute approximate surface area is 180 Å². The summed E-state index contributed by atoms with van der Waals surface area (Å²) in [6.45, 7) is 2.02. The van der Waals surface area contributed by atoms with Crippen LogP contribution in [0, 0.1) is 17.0 Å². The summed E-state index contributed by atoms with van der Waals surface area (Å²) in [4.78, 5) is 15.4. The maximum absolute atomic E-state index is 12.0. The molecule has 4 aromatic rings. The Morgan fingerprint density at radius 2 is 1.77 bits per heavy atom. The lowest BCUT2D eigenvalue weighted by atomic mass is 9.75. The molecule has 0 fully saturated rings. The van der Waals surface area contributed by atoms with E-state index in [1.165, 1.54) is 5.56 Å². The Morgan fingerprint density at radius 1 is 1.03 bits per heavy atom. The van der Waals surface area contributed by atoms with Crippen LogP contribution in [-0.2, 0) is 6.42 Å². The number of nitrogens with one attached hydrogen (secondary N) is 1. The Kier molecular flexibility index (Phi) is 4.74. The second-order valence-electron chi connectivity index (χ2n) is 8.22. The molecule has 0 bridgehead atoms. The number of nitro groups is 1. The molecule has 0 saturated heterocycles. The van der Waals surface area contributed by atoms with Gasteiger partial charge in [0.15, 0.2) is 0 Å². The van der Waals surface area contributed by atoms with Crippen LogP contribution in [0.15, 0.2) is 66.7 Å². The predicted octanol–water partition coefficient (Wildman–Crippen LogP) is 5.88. The molecule has 0 unspecified atom stereocenters. The van der Waals surface area contributed by atoms with E-state index in [1.807, 2.05) is 43.3 Å². The first kappa shape index (κ1) is 19.4. The number of rotatable bonds is 4. The van der Waals surface area contributed by atoms with Gasteiger partial charge in [-0.05, 0) is 65.4 Å². The van der Waals surface area contributed by atoms with Crippen LogP contribution in [0.25, 0.3) is 22.0 Å². The van der Waals surface area contributed by atoms with Crippen molar-refractivity contribution in [3.63, 3.8) is 0 Å². The summed E-state index contributed by atoms with van der Waals surface area (Å²) in [5.41, 5.74) is 7.50. The molecule has 156 valence electrons. The minimum atomic E-state index is -0.628. The van der Waals surface area contributed by atoms with E-state index in [1.54, 1.807) is 7.11 Å². The zero-order valence-corrected chi connectivity index (χ0v) is 17.6. The van der Waals surface area contributed by atoms with Crippen LogP contribution in [0.4, 0.5) is 0 Å². The number of aromatic nitrogens is 1. The first-order valence-corrected chi connectivity index (χ1v) is 10.5. The highest BCUT2D eigenvalue weighted by Gasteiger charge is 2.40. The minimum Gasteiger partial charge on any atom is -0.497 e. The fourth-order valence-corrected chi connectivity index (χ4v) is 5.03. The number of H-pyrrole nitrogens is 1. The van der Waals surface area contributed by atoms with E-state index < -0.39 is 6.04 Å². The Hall–Kier alpha value is -3.60. The van der Waals surface area contributed by atoms with Crippen molar-refractivity contribution in [3.05, 3.63) is 99.2 Å². The lowest BCUT2D eigenvalue weighted by Gasteiger charge is -2.29. The first-order chi connectivity index (χ1) is 15.1. The number of methoxy groups -OCH3 is 1. The Morgan fingerprint density at radius 3 is 2.52 bits per heavy atom. The van der Waals surface area contributed by atoms with Crippen molar-refractivity contribution in [1.29, 1.82) is 0 Å². The van der Waals surface area contributed by atoms with Gasteiger partial charge in [0.2, 0.25) is 6.04 Å².